The largest absolute Gasteiger partial charge is 0.381 e. The van der Waals surface area contributed by atoms with Gasteiger partial charge < -0.3 is 9.57 Å². The summed E-state index contributed by atoms with van der Waals surface area (Å²) in [5.74, 6) is 0.443. The van der Waals surface area contributed by atoms with Crippen LogP contribution >= 0.6 is 0 Å². The van der Waals surface area contributed by atoms with Crippen molar-refractivity contribution in [2.45, 2.75) is 45.8 Å². The maximum absolute atomic E-state index is 13.0. The second-order valence-electron chi connectivity index (χ2n) is 7.77. The molecule has 2 heterocycles. The molecule has 0 aliphatic carbocycles. The maximum Gasteiger partial charge on any atom is 0.269 e. The Kier molecular flexibility index (Phi) is 5.28. The molecule has 0 saturated carbocycles. The molecule has 6 heteroatoms. The number of hydrogen-bond donors (Lipinski definition) is 1. The molecular weight excluding hydrogens is 366 g/mol. The van der Waals surface area contributed by atoms with Crippen molar-refractivity contribution >= 4 is 11.7 Å². The molecule has 1 N–H and O–H groups in total. The highest BCUT2D eigenvalue weighted by Crippen LogP contribution is 2.35. The first-order valence-corrected chi connectivity index (χ1v) is 10.1. The minimum atomic E-state index is -0.718. The highest BCUT2D eigenvalue weighted by Gasteiger charge is 2.49. The number of amidine groups is 1. The Balaban J connectivity index is 1.65. The number of ether oxygens (including phenoxy) is 1. The zero-order chi connectivity index (χ0) is 20.4. The number of hydrogen-bond acceptors (Lipinski definition) is 5. The fourth-order valence-electron chi connectivity index (χ4n) is 3.91. The number of rotatable bonds is 4. The Morgan fingerprint density at radius 2 is 1.76 bits per heavy atom. The number of carbonyl (C=O) groups excluding carboxylic acids is 1. The lowest BCUT2D eigenvalue weighted by atomic mass is 10.0. The molecular formula is C23H27N3O3. The van der Waals surface area contributed by atoms with Gasteiger partial charge in [-0.2, -0.15) is 0 Å². The van der Waals surface area contributed by atoms with Gasteiger partial charge in [-0.05, 0) is 50.1 Å². The predicted octanol–water partition coefficient (Wildman–Crippen LogP) is 3.71. The molecule has 1 amide bonds. The smallest absolute Gasteiger partial charge is 0.269 e. The van der Waals surface area contributed by atoms with Crippen LogP contribution in [0.4, 0.5) is 0 Å². The number of hydrazine groups is 1. The van der Waals surface area contributed by atoms with Crippen LogP contribution in [-0.2, 0) is 16.0 Å². The molecule has 2 aromatic rings. The van der Waals surface area contributed by atoms with Crippen molar-refractivity contribution < 1.29 is 14.4 Å². The van der Waals surface area contributed by atoms with E-state index in [1.165, 1.54) is 5.56 Å². The number of amides is 1. The summed E-state index contributed by atoms with van der Waals surface area (Å²) in [5, 5.41) is 6.20. The second kappa shape index (κ2) is 7.87. The van der Waals surface area contributed by atoms with E-state index in [0.29, 0.717) is 37.5 Å². The van der Waals surface area contributed by atoms with Gasteiger partial charge in [0, 0.05) is 24.0 Å². The summed E-state index contributed by atoms with van der Waals surface area (Å²) in [6, 6.07) is 13.9. The molecule has 4 rings (SSSR count). The van der Waals surface area contributed by atoms with E-state index in [-0.39, 0.29) is 5.91 Å². The molecule has 0 radical (unpaired) electrons. The molecule has 1 spiro atoms. The van der Waals surface area contributed by atoms with Gasteiger partial charge in [0.1, 0.15) is 0 Å². The molecule has 6 nitrogen and oxygen atoms in total. The van der Waals surface area contributed by atoms with Crippen LogP contribution in [0.3, 0.4) is 0 Å². The van der Waals surface area contributed by atoms with Crippen molar-refractivity contribution in [3.05, 3.63) is 70.3 Å². The van der Waals surface area contributed by atoms with Crippen LogP contribution in [0.1, 0.15) is 52.4 Å². The Labute approximate surface area is 171 Å². The fraction of sp³-hybridized carbons (Fsp3) is 0.391. The zero-order valence-corrected chi connectivity index (χ0v) is 17.2. The van der Waals surface area contributed by atoms with Gasteiger partial charge in [-0.25, -0.2) is 5.01 Å². The molecule has 2 aromatic carbocycles. The van der Waals surface area contributed by atoms with E-state index in [4.69, 9.17) is 9.57 Å². The van der Waals surface area contributed by atoms with E-state index in [1.54, 1.807) is 5.01 Å². The van der Waals surface area contributed by atoms with Crippen molar-refractivity contribution in [2.24, 2.45) is 5.16 Å². The third-order valence-electron chi connectivity index (χ3n) is 5.51. The number of aryl methyl sites for hydroxylation is 3. The van der Waals surface area contributed by atoms with Crippen LogP contribution in [0.5, 0.6) is 0 Å². The van der Waals surface area contributed by atoms with E-state index in [0.717, 1.165) is 23.1 Å². The maximum atomic E-state index is 13.0. The summed E-state index contributed by atoms with van der Waals surface area (Å²) in [6.07, 6.45) is 2.19. The van der Waals surface area contributed by atoms with Crippen molar-refractivity contribution in [1.82, 2.24) is 10.4 Å². The third-order valence-corrected chi connectivity index (χ3v) is 5.51. The van der Waals surface area contributed by atoms with E-state index >= 15 is 0 Å². The lowest BCUT2D eigenvalue weighted by Crippen LogP contribution is -2.59. The monoisotopic (exact) mass is 393 g/mol. The van der Waals surface area contributed by atoms with Crippen LogP contribution < -0.4 is 5.43 Å². The Morgan fingerprint density at radius 3 is 2.38 bits per heavy atom. The highest BCUT2D eigenvalue weighted by atomic mass is 16.7. The zero-order valence-electron chi connectivity index (χ0n) is 17.2. The molecule has 2 aliphatic rings. The Hall–Kier alpha value is -2.86. The Morgan fingerprint density at radius 1 is 1.10 bits per heavy atom. The van der Waals surface area contributed by atoms with E-state index < -0.39 is 5.72 Å². The quantitative estimate of drug-likeness (QED) is 0.860. The molecule has 2 aliphatic heterocycles. The van der Waals surface area contributed by atoms with E-state index in [2.05, 4.69) is 49.6 Å². The molecule has 29 heavy (non-hydrogen) atoms. The first-order valence-electron chi connectivity index (χ1n) is 10.1. The van der Waals surface area contributed by atoms with E-state index in [9.17, 15) is 4.79 Å². The van der Waals surface area contributed by atoms with Gasteiger partial charge in [-0.15, -0.1) is 0 Å². The fourth-order valence-corrected chi connectivity index (χ4v) is 3.91. The predicted molar refractivity (Wildman–Crippen MR) is 111 cm³/mol. The average molecular weight is 393 g/mol. The SMILES string of the molecule is CCc1ccc(C(=O)NN2C(c3cc(C)cc(C)c3)=NOC23CCOCC3)cc1. The molecule has 0 atom stereocenters. The molecule has 1 saturated heterocycles. The molecule has 152 valence electrons. The number of carbonyl (C=O) groups is 1. The van der Waals surface area contributed by atoms with Crippen molar-refractivity contribution in [3.63, 3.8) is 0 Å². The molecule has 0 aromatic heterocycles. The third kappa shape index (κ3) is 3.85. The van der Waals surface area contributed by atoms with Crippen LogP contribution in [-0.4, -0.2) is 35.7 Å². The summed E-state index contributed by atoms with van der Waals surface area (Å²) in [4.78, 5) is 19.0. The summed E-state index contributed by atoms with van der Waals surface area (Å²) in [5.41, 5.74) is 7.35. The van der Waals surface area contributed by atoms with Gasteiger partial charge in [-0.1, -0.05) is 41.4 Å². The number of nitrogens with zero attached hydrogens (tertiary/aromatic N) is 2. The standard InChI is InChI=1S/C23H27N3O3/c1-4-18-5-7-19(8-6-18)22(27)24-26-21(20-14-16(2)13-17(3)15-20)25-29-23(26)9-11-28-12-10-23/h5-8,13-15H,4,9-12H2,1-3H3,(H,24,27). The molecule has 0 bridgehead atoms. The normalized spacial score (nSPS) is 17.8. The highest BCUT2D eigenvalue weighted by molar-refractivity contribution is 6.02. The van der Waals surface area contributed by atoms with Crippen molar-refractivity contribution in [3.8, 4) is 0 Å². The number of oxime groups is 1. The van der Waals surface area contributed by atoms with Gasteiger partial charge in [0.05, 0.1) is 13.2 Å². The second-order valence-corrected chi connectivity index (χ2v) is 7.77. The molecule has 1 fully saturated rings. The van der Waals surface area contributed by atoms with Crippen LogP contribution in [0.15, 0.2) is 47.6 Å². The topological polar surface area (TPSA) is 63.2 Å². The summed E-state index contributed by atoms with van der Waals surface area (Å²) < 4.78 is 5.53. The first-order chi connectivity index (χ1) is 14.0. The van der Waals surface area contributed by atoms with Gasteiger partial charge in [-0.3, -0.25) is 10.2 Å². The molecule has 0 unspecified atom stereocenters. The Bertz CT molecular complexity index is 911. The minimum absolute atomic E-state index is 0.180. The van der Waals surface area contributed by atoms with Gasteiger partial charge in [0.2, 0.25) is 5.72 Å². The summed E-state index contributed by atoms with van der Waals surface area (Å²) >= 11 is 0. The minimum Gasteiger partial charge on any atom is -0.381 e. The number of benzene rings is 2. The lowest BCUT2D eigenvalue weighted by molar-refractivity contribution is -0.163. The van der Waals surface area contributed by atoms with Crippen LogP contribution in [0.2, 0.25) is 0 Å². The van der Waals surface area contributed by atoms with Gasteiger partial charge in [0.25, 0.3) is 5.91 Å². The van der Waals surface area contributed by atoms with Crippen molar-refractivity contribution in [1.29, 1.82) is 0 Å². The summed E-state index contributed by atoms with van der Waals surface area (Å²) in [6.45, 7) is 7.32. The lowest BCUT2D eigenvalue weighted by Gasteiger charge is -2.39. The first kappa shape index (κ1) is 19.5. The van der Waals surface area contributed by atoms with Gasteiger partial charge in [0.15, 0.2) is 5.84 Å². The number of nitrogens with one attached hydrogen (secondary N) is 1. The van der Waals surface area contributed by atoms with Gasteiger partial charge >= 0.3 is 0 Å². The summed E-state index contributed by atoms with van der Waals surface area (Å²) in [7, 11) is 0. The average Bonchev–Trinajstić information content (AvgIpc) is 3.05. The van der Waals surface area contributed by atoms with Crippen LogP contribution in [0, 0.1) is 13.8 Å². The van der Waals surface area contributed by atoms with E-state index in [1.807, 2.05) is 24.3 Å². The van der Waals surface area contributed by atoms with Crippen molar-refractivity contribution in [2.75, 3.05) is 13.2 Å². The van der Waals surface area contributed by atoms with Crippen LogP contribution in [0.25, 0.3) is 0 Å².